The summed E-state index contributed by atoms with van der Waals surface area (Å²) >= 11 is 0. The summed E-state index contributed by atoms with van der Waals surface area (Å²) in [6, 6.07) is 10.5. The molecule has 2 N–H and O–H groups in total. The van der Waals surface area contributed by atoms with E-state index in [2.05, 4.69) is 38.0 Å². The predicted octanol–water partition coefficient (Wildman–Crippen LogP) is 1.87. The minimum absolute atomic E-state index is 0.316. The molecule has 2 fully saturated rings. The largest absolute Gasteiger partial charge is 0.497 e. The Morgan fingerprint density at radius 1 is 1.11 bits per heavy atom. The van der Waals surface area contributed by atoms with Crippen LogP contribution in [0.1, 0.15) is 24.3 Å². The summed E-state index contributed by atoms with van der Waals surface area (Å²) in [6.45, 7) is 3.41. The molecule has 0 unspecified atom stereocenters. The fraction of sp³-hybridized carbons (Fsp3) is 0.450. The van der Waals surface area contributed by atoms with Gasteiger partial charge in [-0.2, -0.15) is 0 Å². The van der Waals surface area contributed by atoms with Crippen molar-refractivity contribution in [2.45, 2.75) is 24.8 Å². The minimum Gasteiger partial charge on any atom is -0.497 e. The fourth-order valence-corrected chi connectivity index (χ4v) is 3.72. The van der Waals surface area contributed by atoms with Crippen molar-refractivity contribution in [1.82, 2.24) is 14.9 Å². The molecule has 0 bridgehead atoms. The molecule has 1 aromatic heterocycles. The molecule has 1 saturated heterocycles. The number of hydrogen-bond acceptors (Lipinski definition) is 5. The number of anilines is 1. The lowest BCUT2D eigenvalue weighted by molar-refractivity contribution is 0.335. The van der Waals surface area contributed by atoms with Gasteiger partial charge in [0.1, 0.15) is 5.75 Å². The minimum atomic E-state index is 0.316. The highest BCUT2D eigenvalue weighted by atomic mass is 16.5. The number of ether oxygens (including phenoxy) is 1. The molecule has 7 heteroatoms. The normalized spacial score (nSPS) is 23.1. The van der Waals surface area contributed by atoms with Crippen molar-refractivity contribution in [3.8, 4) is 5.75 Å². The van der Waals surface area contributed by atoms with Gasteiger partial charge in [0.2, 0.25) is 5.95 Å². The predicted molar refractivity (Wildman–Crippen MR) is 106 cm³/mol. The van der Waals surface area contributed by atoms with Gasteiger partial charge in [0.25, 0.3) is 0 Å². The molecule has 7 nitrogen and oxygen atoms in total. The van der Waals surface area contributed by atoms with Crippen LogP contribution < -0.4 is 15.4 Å². The van der Waals surface area contributed by atoms with E-state index in [0.717, 1.165) is 50.7 Å². The number of aromatic nitrogens is 2. The zero-order valence-corrected chi connectivity index (χ0v) is 15.7. The van der Waals surface area contributed by atoms with Gasteiger partial charge in [-0.3, -0.25) is 0 Å². The number of piperazine rings is 1. The summed E-state index contributed by atoms with van der Waals surface area (Å²) in [5, 5.41) is 0. The van der Waals surface area contributed by atoms with Crippen LogP contribution in [0.25, 0.3) is 0 Å². The van der Waals surface area contributed by atoms with Crippen LogP contribution >= 0.6 is 0 Å². The Labute approximate surface area is 159 Å². The van der Waals surface area contributed by atoms with Crippen LogP contribution in [0.2, 0.25) is 0 Å². The van der Waals surface area contributed by atoms with Gasteiger partial charge < -0.3 is 20.3 Å². The van der Waals surface area contributed by atoms with Gasteiger partial charge in [-0.15, -0.1) is 0 Å². The van der Waals surface area contributed by atoms with Crippen LogP contribution in [0.15, 0.2) is 47.7 Å². The van der Waals surface area contributed by atoms with E-state index in [1.54, 1.807) is 19.5 Å². The van der Waals surface area contributed by atoms with E-state index in [-0.39, 0.29) is 0 Å². The number of guanidine groups is 1. The third kappa shape index (κ3) is 3.97. The Bertz CT molecular complexity index is 782. The second-order valence-electron chi connectivity index (χ2n) is 7.11. The number of methoxy groups -OCH3 is 1. The second-order valence-corrected chi connectivity index (χ2v) is 7.11. The Balaban J connectivity index is 1.28. The molecule has 0 spiro atoms. The highest BCUT2D eigenvalue weighted by molar-refractivity contribution is 5.78. The maximum absolute atomic E-state index is 6.28. The molecule has 1 aromatic carbocycles. The molecule has 0 atom stereocenters. The smallest absolute Gasteiger partial charge is 0.225 e. The van der Waals surface area contributed by atoms with Gasteiger partial charge in [0, 0.05) is 38.6 Å². The molecule has 1 aliphatic carbocycles. The summed E-state index contributed by atoms with van der Waals surface area (Å²) < 4.78 is 5.32. The van der Waals surface area contributed by atoms with E-state index in [0.29, 0.717) is 17.9 Å². The standard InChI is InChI=1S/C20H26N6O/c1-27-18-5-2-4-15(14-18)16-12-17(13-16)24-19(21)25-8-10-26(11-9-25)20-22-6-3-7-23-20/h2-7,14,16-17H,8-13H2,1H3,(H2,21,24). The SMILES string of the molecule is COc1cccc(C2CC(N=C(N)N3CCN(c4ncccn4)CC3)C2)c1. The number of nitrogens with two attached hydrogens (primary N) is 1. The van der Waals surface area contributed by atoms with Crippen LogP contribution in [0.5, 0.6) is 5.75 Å². The van der Waals surface area contributed by atoms with Crippen molar-refractivity contribution in [2.75, 3.05) is 38.2 Å². The maximum atomic E-state index is 6.28. The molecule has 27 heavy (non-hydrogen) atoms. The average Bonchev–Trinajstić information content (AvgIpc) is 2.71. The molecule has 1 aliphatic heterocycles. The second kappa shape index (κ2) is 7.82. The molecule has 2 aliphatic rings. The molecule has 0 radical (unpaired) electrons. The van der Waals surface area contributed by atoms with Crippen molar-refractivity contribution in [3.05, 3.63) is 48.3 Å². The monoisotopic (exact) mass is 366 g/mol. The highest BCUT2D eigenvalue weighted by Crippen LogP contribution is 2.39. The molecule has 2 heterocycles. The zero-order chi connectivity index (χ0) is 18.6. The van der Waals surface area contributed by atoms with E-state index in [1.165, 1.54) is 5.56 Å². The van der Waals surface area contributed by atoms with E-state index >= 15 is 0 Å². The Morgan fingerprint density at radius 3 is 2.56 bits per heavy atom. The molecule has 1 saturated carbocycles. The first-order valence-corrected chi connectivity index (χ1v) is 9.47. The third-order valence-electron chi connectivity index (χ3n) is 5.43. The number of aliphatic imine (C=N–C) groups is 1. The molecular weight excluding hydrogens is 340 g/mol. The first-order chi connectivity index (χ1) is 13.2. The van der Waals surface area contributed by atoms with Crippen LogP contribution in [-0.2, 0) is 0 Å². The zero-order valence-electron chi connectivity index (χ0n) is 15.7. The van der Waals surface area contributed by atoms with Crippen LogP contribution in [-0.4, -0.2) is 60.2 Å². The average molecular weight is 366 g/mol. The van der Waals surface area contributed by atoms with E-state index < -0.39 is 0 Å². The van der Waals surface area contributed by atoms with E-state index in [4.69, 9.17) is 15.5 Å². The molecule has 142 valence electrons. The van der Waals surface area contributed by atoms with Gasteiger partial charge in [-0.25, -0.2) is 15.0 Å². The van der Waals surface area contributed by atoms with Crippen LogP contribution in [0, 0.1) is 0 Å². The first-order valence-electron chi connectivity index (χ1n) is 9.47. The van der Waals surface area contributed by atoms with Gasteiger partial charge in [0.15, 0.2) is 5.96 Å². The number of nitrogens with zero attached hydrogens (tertiary/aromatic N) is 5. The summed E-state index contributed by atoms with van der Waals surface area (Å²) in [7, 11) is 1.71. The summed E-state index contributed by atoms with van der Waals surface area (Å²) in [6.07, 6.45) is 5.65. The highest BCUT2D eigenvalue weighted by Gasteiger charge is 2.31. The van der Waals surface area contributed by atoms with Crippen molar-refractivity contribution in [1.29, 1.82) is 0 Å². The van der Waals surface area contributed by atoms with E-state index in [9.17, 15) is 0 Å². The third-order valence-corrected chi connectivity index (χ3v) is 5.43. The summed E-state index contributed by atoms with van der Waals surface area (Å²) in [5.41, 5.74) is 7.61. The topological polar surface area (TPSA) is 79.9 Å². The first kappa shape index (κ1) is 17.6. The lowest BCUT2D eigenvalue weighted by Crippen LogP contribution is -2.52. The van der Waals surface area contributed by atoms with Crippen molar-refractivity contribution in [2.24, 2.45) is 10.7 Å². The summed E-state index contributed by atoms with van der Waals surface area (Å²) in [5.74, 6) is 2.92. The van der Waals surface area contributed by atoms with Gasteiger partial charge >= 0.3 is 0 Å². The fourth-order valence-electron chi connectivity index (χ4n) is 3.72. The van der Waals surface area contributed by atoms with Crippen molar-refractivity contribution in [3.63, 3.8) is 0 Å². The molecule has 0 amide bonds. The quantitative estimate of drug-likeness (QED) is 0.657. The van der Waals surface area contributed by atoms with Crippen LogP contribution in [0.4, 0.5) is 5.95 Å². The van der Waals surface area contributed by atoms with Crippen molar-refractivity contribution >= 4 is 11.9 Å². The molecule has 4 rings (SSSR count). The number of hydrogen-bond donors (Lipinski definition) is 1. The Morgan fingerprint density at radius 2 is 1.85 bits per heavy atom. The maximum Gasteiger partial charge on any atom is 0.225 e. The van der Waals surface area contributed by atoms with E-state index in [1.807, 2.05) is 12.1 Å². The van der Waals surface area contributed by atoms with Gasteiger partial charge in [-0.05, 0) is 42.5 Å². The lowest BCUT2D eigenvalue weighted by atomic mass is 9.76. The van der Waals surface area contributed by atoms with Crippen LogP contribution in [0.3, 0.4) is 0 Å². The number of rotatable bonds is 4. The summed E-state index contributed by atoms with van der Waals surface area (Å²) in [4.78, 5) is 17.7. The van der Waals surface area contributed by atoms with Gasteiger partial charge in [-0.1, -0.05) is 12.1 Å². The Hall–Kier alpha value is -2.83. The Kier molecular flexibility index (Phi) is 5.09. The molecule has 2 aromatic rings. The molecular formula is C20H26N6O. The lowest BCUT2D eigenvalue weighted by Gasteiger charge is -2.37. The van der Waals surface area contributed by atoms with Crippen molar-refractivity contribution < 1.29 is 4.74 Å². The van der Waals surface area contributed by atoms with Gasteiger partial charge in [0.05, 0.1) is 13.2 Å². The number of benzene rings is 1.